The molecule has 0 radical (unpaired) electrons. The number of hydrazone groups is 1. The van der Waals surface area contributed by atoms with Crippen molar-refractivity contribution in [3.8, 4) is 5.75 Å². The number of nitrogens with zero attached hydrogens (tertiary/aromatic N) is 3. The van der Waals surface area contributed by atoms with Crippen molar-refractivity contribution in [2.24, 2.45) is 5.10 Å². The van der Waals surface area contributed by atoms with E-state index in [0.717, 1.165) is 22.9 Å². The van der Waals surface area contributed by atoms with E-state index in [0.29, 0.717) is 23.6 Å². The summed E-state index contributed by atoms with van der Waals surface area (Å²) in [4.78, 5) is 38.5. The molecule has 2 aliphatic heterocycles. The van der Waals surface area contributed by atoms with Crippen LogP contribution in [0.2, 0.25) is 0 Å². The molecule has 2 aromatic carbocycles. The van der Waals surface area contributed by atoms with Gasteiger partial charge in [0.1, 0.15) is 5.75 Å². The zero-order valence-electron chi connectivity index (χ0n) is 18.3. The van der Waals surface area contributed by atoms with E-state index in [1.165, 1.54) is 18.9 Å². The summed E-state index contributed by atoms with van der Waals surface area (Å²) in [7, 11) is 0. The molecule has 1 N–H and O–H groups in total. The minimum Gasteiger partial charge on any atom is -0.494 e. The monoisotopic (exact) mass is 452 g/mol. The quantitative estimate of drug-likeness (QED) is 0.770. The predicted molar refractivity (Wildman–Crippen MR) is 123 cm³/mol. The molecule has 4 rings (SSSR count). The van der Waals surface area contributed by atoms with Gasteiger partial charge in [-0.05, 0) is 37.7 Å². The van der Waals surface area contributed by atoms with Crippen LogP contribution in [-0.2, 0) is 25.8 Å². The number of nitrogens with one attached hydrogen (secondary N) is 1. The van der Waals surface area contributed by atoms with Gasteiger partial charge >= 0.3 is 0 Å². The van der Waals surface area contributed by atoms with Crippen LogP contribution in [0.5, 0.6) is 5.75 Å². The highest BCUT2D eigenvalue weighted by Crippen LogP contribution is 2.55. The Morgan fingerprint density at radius 1 is 1.19 bits per heavy atom. The summed E-state index contributed by atoms with van der Waals surface area (Å²) in [5.74, 6) is -0.312. The fourth-order valence-electron chi connectivity index (χ4n) is 3.98. The minimum absolute atomic E-state index is 0.213. The summed E-state index contributed by atoms with van der Waals surface area (Å²) in [6, 6.07) is 13.3. The second kappa shape index (κ2) is 8.31. The summed E-state index contributed by atoms with van der Waals surface area (Å²) < 4.78 is 5.75. The van der Waals surface area contributed by atoms with E-state index in [4.69, 9.17) is 4.74 Å². The second-order valence-corrected chi connectivity index (χ2v) is 8.80. The number of thioether (sulfide) groups is 1. The molecule has 2 aromatic rings. The molecule has 32 heavy (non-hydrogen) atoms. The van der Waals surface area contributed by atoms with Gasteiger partial charge in [-0.2, -0.15) is 5.01 Å². The fourth-order valence-corrected chi connectivity index (χ4v) is 5.31. The van der Waals surface area contributed by atoms with Crippen molar-refractivity contribution >= 4 is 40.3 Å². The molecule has 1 spiro atoms. The third-order valence-electron chi connectivity index (χ3n) is 5.26. The molecule has 0 unspecified atom stereocenters. The predicted octanol–water partition coefficient (Wildman–Crippen LogP) is 3.10. The largest absolute Gasteiger partial charge is 0.494 e. The molecule has 1 atom stereocenters. The van der Waals surface area contributed by atoms with Crippen LogP contribution in [0.1, 0.15) is 37.5 Å². The third-order valence-corrected chi connectivity index (χ3v) is 6.50. The highest BCUT2D eigenvalue weighted by molar-refractivity contribution is 8.15. The molecular formula is C23H24N4O4S. The topological polar surface area (TPSA) is 91.3 Å². The van der Waals surface area contributed by atoms with Crippen molar-refractivity contribution in [3.63, 3.8) is 0 Å². The van der Waals surface area contributed by atoms with E-state index in [9.17, 15) is 14.4 Å². The van der Waals surface area contributed by atoms with Crippen molar-refractivity contribution in [2.45, 2.75) is 39.1 Å². The number of ether oxygens (including phenoxy) is 1. The number of rotatable bonds is 4. The zero-order chi connectivity index (χ0) is 23.0. The first-order chi connectivity index (χ1) is 15.3. The Kier molecular flexibility index (Phi) is 5.68. The number of anilines is 1. The number of benzene rings is 2. The number of amidine groups is 1. The number of carbonyl (C=O) groups excluding carboxylic acids is 3. The maximum absolute atomic E-state index is 14.0. The second-order valence-electron chi connectivity index (χ2n) is 7.62. The first-order valence-corrected chi connectivity index (χ1v) is 11.1. The van der Waals surface area contributed by atoms with Crippen molar-refractivity contribution in [3.05, 3.63) is 59.2 Å². The number of hydrogen-bond acceptors (Lipinski definition) is 6. The first kappa shape index (κ1) is 21.9. The van der Waals surface area contributed by atoms with Crippen LogP contribution in [0.4, 0.5) is 5.69 Å². The normalized spacial score (nSPS) is 19.2. The van der Waals surface area contributed by atoms with Crippen molar-refractivity contribution < 1.29 is 19.1 Å². The Bertz CT molecular complexity index is 1150. The molecule has 2 aliphatic rings. The summed E-state index contributed by atoms with van der Waals surface area (Å²) in [5.41, 5.74) is 3.17. The first-order valence-electron chi connectivity index (χ1n) is 10.3. The van der Waals surface area contributed by atoms with Gasteiger partial charge in [-0.25, -0.2) is 0 Å². The molecule has 0 fully saturated rings. The molecule has 8 nitrogen and oxygen atoms in total. The van der Waals surface area contributed by atoms with Crippen LogP contribution in [-0.4, -0.2) is 34.5 Å². The maximum Gasteiger partial charge on any atom is 0.271 e. The van der Waals surface area contributed by atoms with Crippen LogP contribution in [0.25, 0.3) is 0 Å². The van der Waals surface area contributed by atoms with Gasteiger partial charge in [-0.1, -0.05) is 35.9 Å². The summed E-state index contributed by atoms with van der Waals surface area (Å²) in [6.45, 7) is 7.33. The van der Waals surface area contributed by atoms with Gasteiger partial charge in [-0.15, -0.1) is 5.10 Å². The van der Waals surface area contributed by atoms with E-state index in [1.807, 2.05) is 56.3 Å². The van der Waals surface area contributed by atoms with Crippen molar-refractivity contribution in [1.82, 2.24) is 10.3 Å². The lowest BCUT2D eigenvalue weighted by atomic mass is 10.0. The lowest BCUT2D eigenvalue weighted by Crippen LogP contribution is -2.48. The Morgan fingerprint density at radius 3 is 2.62 bits per heavy atom. The number of aryl methyl sites for hydroxylation is 1. The Labute approximate surface area is 190 Å². The summed E-state index contributed by atoms with van der Waals surface area (Å²) in [6.07, 6.45) is 0. The van der Waals surface area contributed by atoms with E-state index in [-0.39, 0.29) is 23.5 Å². The van der Waals surface area contributed by atoms with Gasteiger partial charge in [0.05, 0.1) is 18.8 Å². The smallest absolute Gasteiger partial charge is 0.271 e. The van der Waals surface area contributed by atoms with Crippen molar-refractivity contribution in [1.29, 1.82) is 0 Å². The number of para-hydroxylation sites is 1. The Balaban J connectivity index is 1.82. The number of fused-ring (bicyclic) bond motifs is 2. The molecule has 0 aromatic heterocycles. The van der Waals surface area contributed by atoms with Gasteiger partial charge in [0.2, 0.25) is 16.7 Å². The molecule has 2 heterocycles. The summed E-state index contributed by atoms with van der Waals surface area (Å²) in [5, 5.41) is 8.30. The third kappa shape index (κ3) is 3.52. The molecular weight excluding hydrogens is 428 g/mol. The van der Waals surface area contributed by atoms with Gasteiger partial charge in [0.15, 0.2) is 5.17 Å². The molecule has 0 saturated heterocycles. The average molecular weight is 453 g/mol. The van der Waals surface area contributed by atoms with Gasteiger partial charge < -0.3 is 15.0 Å². The highest BCUT2D eigenvalue weighted by Gasteiger charge is 2.61. The zero-order valence-corrected chi connectivity index (χ0v) is 19.2. The maximum atomic E-state index is 14.0. The molecule has 0 bridgehead atoms. The molecule has 0 saturated carbocycles. The van der Waals surface area contributed by atoms with Gasteiger partial charge in [0.25, 0.3) is 5.91 Å². The number of hydrogen-bond donors (Lipinski definition) is 1. The SMILES string of the molecule is CCOc1ccccc1CN1C(=O)[C@]2(SC(NC(C)=O)=NN2C(C)=O)c2cc(C)ccc21. The fraction of sp³-hybridized carbons (Fsp3) is 0.304. The van der Waals surface area contributed by atoms with E-state index < -0.39 is 10.8 Å². The van der Waals surface area contributed by atoms with Crippen molar-refractivity contribution in [2.75, 3.05) is 11.5 Å². The van der Waals surface area contributed by atoms with Crippen LogP contribution in [0.3, 0.4) is 0 Å². The molecule has 9 heteroatoms. The van der Waals surface area contributed by atoms with Crippen LogP contribution in [0, 0.1) is 6.92 Å². The molecule has 0 aliphatic carbocycles. The standard InChI is InChI=1S/C23H24N4O4S/c1-5-31-20-9-7-6-8-17(20)13-26-19-11-10-14(2)12-18(19)23(21(26)30)27(16(4)29)25-22(32-23)24-15(3)28/h6-12H,5,13H2,1-4H3,(H,24,25,28)/t23-/m1/s1. The van der Waals surface area contributed by atoms with Gasteiger partial charge in [0, 0.05) is 25.0 Å². The highest BCUT2D eigenvalue weighted by atomic mass is 32.2. The molecule has 166 valence electrons. The Hall–Kier alpha value is -3.33. The van der Waals surface area contributed by atoms with E-state index >= 15 is 0 Å². The molecule has 3 amide bonds. The van der Waals surface area contributed by atoms with Crippen LogP contribution < -0.4 is 15.0 Å². The van der Waals surface area contributed by atoms with E-state index in [2.05, 4.69) is 10.4 Å². The van der Waals surface area contributed by atoms with E-state index in [1.54, 1.807) is 4.90 Å². The lowest BCUT2D eigenvalue weighted by molar-refractivity contribution is -0.139. The Morgan fingerprint density at radius 2 is 1.94 bits per heavy atom. The number of carbonyl (C=O) groups is 3. The minimum atomic E-state index is -1.41. The van der Waals surface area contributed by atoms with Gasteiger partial charge in [-0.3, -0.25) is 14.4 Å². The van der Waals surface area contributed by atoms with Crippen LogP contribution in [0.15, 0.2) is 47.6 Å². The van der Waals surface area contributed by atoms with Crippen LogP contribution >= 0.6 is 11.8 Å². The summed E-state index contributed by atoms with van der Waals surface area (Å²) >= 11 is 1.07. The number of amides is 3. The average Bonchev–Trinajstić information content (AvgIpc) is 3.22. The lowest BCUT2D eigenvalue weighted by Gasteiger charge is -2.29.